The minimum Gasteiger partial charge on any atom is -0.379 e. The number of carbonyl (C=O) groups excluding carboxylic acids is 1. The van der Waals surface area contributed by atoms with Crippen LogP contribution in [0.15, 0.2) is 29.6 Å². The van der Waals surface area contributed by atoms with Crippen LogP contribution >= 0.6 is 22.9 Å². The van der Waals surface area contributed by atoms with E-state index in [1.807, 2.05) is 24.3 Å². The molecule has 0 saturated carbocycles. The van der Waals surface area contributed by atoms with E-state index < -0.39 is 0 Å². The Balaban J connectivity index is 1.36. The van der Waals surface area contributed by atoms with Gasteiger partial charge in [0.05, 0.1) is 25.5 Å². The van der Waals surface area contributed by atoms with Crippen molar-refractivity contribution >= 4 is 28.8 Å². The summed E-state index contributed by atoms with van der Waals surface area (Å²) in [5.41, 5.74) is 2.16. The molecule has 0 aliphatic carbocycles. The maximum absolute atomic E-state index is 12.0. The van der Waals surface area contributed by atoms with Crippen molar-refractivity contribution in [2.45, 2.75) is 32.4 Å². The summed E-state index contributed by atoms with van der Waals surface area (Å²) >= 11 is 7.74. The number of rotatable bonds is 8. The summed E-state index contributed by atoms with van der Waals surface area (Å²) in [7, 11) is 0. The number of carbonyl (C=O) groups is 1. The van der Waals surface area contributed by atoms with Gasteiger partial charge < -0.3 is 10.1 Å². The van der Waals surface area contributed by atoms with E-state index in [4.69, 9.17) is 16.3 Å². The molecule has 5 nitrogen and oxygen atoms in total. The molecule has 140 valence electrons. The second-order valence-electron chi connectivity index (χ2n) is 6.34. The van der Waals surface area contributed by atoms with Gasteiger partial charge >= 0.3 is 0 Å². The average molecular weight is 394 g/mol. The first-order valence-corrected chi connectivity index (χ1v) is 10.2. The van der Waals surface area contributed by atoms with Crippen LogP contribution in [-0.2, 0) is 29.0 Å². The Morgan fingerprint density at radius 1 is 1.31 bits per heavy atom. The van der Waals surface area contributed by atoms with Gasteiger partial charge in [-0.15, -0.1) is 11.3 Å². The van der Waals surface area contributed by atoms with Crippen molar-refractivity contribution in [3.05, 3.63) is 50.9 Å². The van der Waals surface area contributed by atoms with Crippen LogP contribution in [-0.4, -0.2) is 42.1 Å². The third-order valence-electron chi connectivity index (χ3n) is 4.33. The van der Waals surface area contributed by atoms with Gasteiger partial charge in [0.15, 0.2) is 0 Å². The highest BCUT2D eigenvalue weighted by Gasteiger charge is 2.13. The largest absolute Gasteiger partial charge is 0.379 e. The zero-order valence-corrected chi connectivity index (χ0v) is 16.3. The van der Waals surface area contributed by atoms with Crippen molar-refractivity contribution in [3.8, 4) is 0 Å². The molecule has 3 rings (SSSR count). The highest BCUT2D eigenvalue weighted by atomic mass is 35.5. The Morgan fingerprint density at radius 2 is 2.12 bits per heavy atom. The molecule has 0 bridgehead atoms. The lowest BCUT2D eigenvalue weighted by Gasteiger charge is -2.25. The molecular weight excluding hydrogens is 370 g/mol. The topological polar surface area (TPSA) is 54.5 Å². The molecule has 1 aromatic heterocycles. The number of aromatic nitrogens is 1. The predicted octanol–water partition coefficient (Wildman–Crippen LogP) is 3.27. The van der Waals surface area contributed by atoms with E-state index in [1.54, 1.807) is 11.3 Å². The zero-order valence-electron chi connectivity index (χ0n) is 14.7. The fourth-order valence-electron chi connectivity index (χ4n) is 2.89. The van der Waals surface area contributed by atoms with Gasteiger partial charge in [-0.2, -0.15) is 0 Å². The molecule has 1 amide bonds. The highest BCUT2D eigenvalue weighted by Crippen LogP contribution is 2.17. The number of aryl methyl sites for hydroxylation is 1. The van der Waals surface area contributed by atoms with E-state index in [0.29, 0.717) is 13.0 Å². The van der Waals surface area contributed by atoms with Crippen molar-refractivity contribution in [1.82, 2.24) is 15.2 Å². The van der Waals surface area contributed by atoms with Crippen LogP contribution in [0.5, 0.6) is 0 Å². The zero-order chi connectivity index (χ0) is 18.2. The lowest BCUT2D eigenvalue weighted by atomic mass is 10.1. The number of hydrogen-bond donors (Lipinski definition) is 1. The fourth-order valence-corrected chi connectivity index (χ4v) is 3.85. The van der Waals surface area contributed by atoms with Gasteiger partial charge in [-0.25, -0.2) is 4.98 Å². The number of morpholine rings is 1. The van der Waals surface area contributed by atoms with Crippen LogP contribution in [0.4, 0.5) is 0 Å². The summed E-state index contributed by atoms with van der Waals surface area (Å²) in [5.74, 6) is 0.0574. The molecule has 1 saturated heterocycles. The van der Waals surface area contributed by atoms with Crippen LogP contribution in [0.1, 0.15) is 29.1 Å². The van der Waals surface area contributed by atoms with Crippen molar-refractivity contribution in [2.75, 3.05) is 26.3 Å². The summed E-state index contributed by atoms with van der Waals surface area (Å²) < 4.78 is 5.36. The molecule has 1 aliphatic heterocycles. The number of nitrogens with zero attached hydrogens (tertiary/aromatic N) is 2. The smallest absolute Gasteiger partial charge is 0.220 e. The van der Waals surface area contributed by atoms with E-state index in [2.05, 4.69) is 20.6 Å². The van der Waals surface area contributed by atoms with Gasteiger partial charge in [-0.05, 0) is 24.5 Å². The molecule has 0 radical (unpaired) electrons. The molecule has 1 aromatic carbocycles. The third kappa shape index (κ3) is 6.06. The molecule has 0 atom stereocenters. The number of thiazole rings is 1. The lowest BCUT2D eigenvalue weighted by Crippen LogP contribution is -2.35. The SMILES string of the molecule is O=C(CCCc1ccccc1Cl)NCc1nc(CN2CCOCC2)cs1. The van der Waals surface area contributed by atoms with Crippen LogP contribution < -0.4 is 5.32 Å². The number of amides is 1. The van der Waals surface area contributed by atoms with Crippen LogP contribution in [0.2, 0.25) is 5.02 Å². The van der Waals surface area contributed by atoms with Gasteiger partial charge in [0.2, 0.25) is 5.91 Å². The summed E-state index contributed by atoms with van der Waals surface area (Å²) in [6.45, 7) is 4.84. The number of halogens is 1. The first kappa shape index (κ1) is 19.3. The number of nitrogens with one attached hydrogen (secondary N) is 1. The summed E-state index contributed by atoms with van der Waals surface area (Å²) in [5, 5.41) is 6.76. The molecule has 2 aromatic rings. The fraction of sp³-hybridized carbons (Fsp3) is 0.474. The highest BCUT2D eigenvalue weighted by molar-refractivity contribution is 7.09. The molecule has 2 heterocycles. The quantitative estimate of drug-likeness (QED) is 0.747. The molecule has 0 unspecified atom stereocenters. The van der Waals surface area contributed by atoms with Crippen LogP contribution in [0.25, 0.3) is 0 Å². The first-order chi connectivity index (χ1) is 12.7. The van der Waals surface area contributed by atoms with Gasteiger partial charge in [0.25, 0.3) is 0 Å². The summed E-state index contributed by atoms with van der Waals surface area (Å²) in [4.78, 5) is 19.0. The number of benzene rings is 1. The molecule has 0 spiro atoms. The number of ether oxygens (including phenoxy) is 1. The Kier molecular flexibility index (Phi) is 7.43. The summed E-state index contributed by atoms with van der Waals surface area (Å²) in [6.07, 6.45) is 2.10. The first-order valence-electron chi connectivity index (χ1n) is 8.94. The van der Waals surface area contributed by atoms with Crippen molar-refractivity contribution in [2.24, 2.45) is 0 Å². The standard InChI is InChI=1S/C19H24ClN3O2S/c20-17-6-2-1-4-15(17)5-3-7-18(24)21-12-19-22-16(14-26-19)13-23-8-10-25-11-9-23/h1-2,4,6,14H,3,5,7-13H2,(H,21,24). The molecule has 1 N–H and O–H groups in total. The maximum atomic E-state index is 12.0. The number of hydrogen-bond acceptors (Lipinski definition) is 5. The lowest BCUT2D eigenvalue weighted by molar-refractivity contribution is -0.121. The van der Waals surface area contributed by atoms with Crippen molar-refractivity contribution in [1.29, 1.82) is 0 Å². The second kappa shape index (κ2) is 10.0. The molecule has 26 heavy (non-hydrogen) atoms. The Morgan fingerprint density at radius 3 is 2.92 bits per heavy atom. The second-order valence-corrected chi connectivity index (χ2v) is 7.69. The maximum Gasteiger partial charge on any atom is 0.220 e. The molecule has 7 heteroatoms. The predicted molar refractivity (Wildman–Crippen MR) is 104 cm³/mol. The molecule has 1 aliphatic rings. The minimum absolute atomic E-state index is 0.0574. The van der Waals surface area contributed by atoms with Gasteiger partial charge in [0.1, 0.15) is 5.01 Å². The minimum atomic E-state index is 0.0574. The monoisotopic (exact) mass is 393 g/mol. The molecule has 1 fully saturated rings. The van der Waals surface area contributed by atoms with Crippen molar-refractivity contribution < 1.29 is 9.53 Å². The van der Waals surface area contributed by atoms with Crippen LogP contribution in [0, 0.1) is 0 Å². The summed E-state index contributed by atoms with van der Waals surface area (Å²) in [6, 6.07) is 7.78. The van der Waals surface area contributed by atoms with Gasteiger partial charge in [0, 0.05) is 36.5 Å². The Hall–Kier alpha value is -1.47. The van der Waals surface area contributed by atoms with E-state index in [-0.39, 0.29) is 5.91 Å². The normalized spacial score (nSPS) is 15.1. The third-order valence-corrected chi connectivity index (χ3v) is 5.60. The Bertz CT molecular complexity index is 716. The van der Waals surface area contributed by atoms with E-state index >= 15 is 0 Å². The van der Waals surface area contributed by atoms with E-state index in [0.717, 1.165) is 67.0 Å². The molecular formula is C19H24ClN3O2S. The van der Waals surface area contributed by atoms with Crippen molar-refractivity contribution in [3.63, 3.8) is 0 Å². The van der Waals surface area contributed by atoms with E-state index in [1.165, 1.54) is 0 Å². The Labute approximate surface area is 163 Å². The van der Waals surface area contributed by atoms with Crippen LogP contribution in [0.3, 0.4) is 0 Å². The van der Waals surface area contributed by atoms with E-state index in [9.17, 15) is 4.79 Å². The van der Waals surface area contributed by atoms with Gasteiger partial charge in [-0.3, -0.25) is 9.69 Å². The van der Waals surface area contributed by atoms with Gasteiger partial charge in [-0.1, -0.05) is 29.8 Å². The average Bonchev–Trinajstić information content (AvgIpc) is 3.10.